The fraction of sp³-hybridized carbons (Fsp3) is 0.238. The summed E-state index contributed by atoms with van der Waals surface area (Å²) in [6, 6.07) is 12.1. The van der Waals surface area contributed by atoms with Crippen molar-refractivity contribution in [2.24, 2.45) is 0 Å². The molecule has 0 saturated heterocycles. The second-order valence-electron chi connectivity index (χ2n) is 6.43. The summed E-state index contributed by atoms with van der Waals surface area (Å²) in [7, 11) is 0. The van der Waals surface area contributed by atoms with Crippen LogP contribution in [0.3, 0.4) is 0 Å². The van der Waals surface area contributed by atoms with E-state index in [0.717, 1.165) is 5.56 Å². The van der Waals surface area contributed by atoms with E-state index in [1.807, 2.05) is 30.3 Å². The lowest BCUT2D eigenvalue weighted by Gasteiger charge is -2.24. The number of nitrogens with one attached hydrogen (secondary N) is 1. The zero-order valence-electron chi connectivity index (χ0n) is 16.1. The largest absolute Gasteiger partial charge is 0.460 e. The van der Waals surface area contributed by atoms with Crippen LogP contribution in [-0.4, -0.2) is 22.3 Å². The highest BCUT2D eigenvalue weighted by molar-refractivity contribution is 6.34. The molecule has 29 heavy (non-hydrogen) atoms. The number of carbonyl (C=O) groups excluding carboxylic acids is 1. The zero-order valence-corrected chi connectivity index (χ0v) is 16.9. The predicted octanol–water partition coefficient (Wildman–Crippen LogP) is 5.35. The maximum atomic E-state index is 11.5. The number of aromatic nitrogens is 2. The van der Waals surface area contributed by atoms with Crippen molar-refractivity contribution in [3.63, 3.8) is 0 Å². The third kappa shape index (κ3) is 4.55. The van der Waals surface area contributed by atoms with Gasteiger partial charge in [-0.05, 0) is 37.6 Å². The first-order valence-electron chi connectivity index (χ1n) is 8.90. The van der Waals surface area contributed by atoms with E-state index < -0.39 is 18.1 Å². The molecule has 0 fully saturated rings. The molecule has 2 atom stereocenters. The number of ether oxygens (including phenoxy) is 1. The second kappa shape index (κ2) is 8.76. The van der Waals surface area contributed by atoms with Gasteiger partial charge in [0.2, 0.25) is 17.5 Å². The van der Waals surface area contributed by atoms with Crippen molar-refractivity contribution in [3.05, 3.63) is 70.4 Å². The number of esters is 1. The summed E-state index contributed by atoms with van der Waals surface area (Å²) in [5, 5.41) is 11.9. The maximum Gasteiger partial charge on any atom is 0.302 e. The van der Waals surface area contributed by atoms with Crippen molar-refractivity contribution in [1.82, 2.24) is 10.2 Å². The van der Waals surface area contributed by atoms with Crippen molar-refractivity contribution in [2.75, 3.05) is 5.32 Å². The predicted molar refractivity (Wildman–Crippen MR) is 110 cm³/mol. The van der Waals surface area contributed by atoms with Crippen molar-refractivity contribution >= 4 is 28.9 Å². The van der Waals surface area contributed by atoms with Gasteiger partial charge in [0, 0.05) is 18.2 Å². The SMILES string of the molecule is [C-]#[N+]c1ccc(N[C@@H](c2nnc(-c3ccccc3)o2)[C@H](C)OC(C)=O)c(C)c1Cl. The van der Waals surface area contributed by atoms with Crippen LogP contribution in [0, 0.1) is 13.5 Å². The van der Waals surface area contributed by atoms with Crippen molar-refractivity contribution < 1.29 is 13.9 Å². The zero-order chi connectivity index (χ0) is 21.0. The van der Waals surface area contributed by atoms with Crippen molar-refractivity contribution in [3.8, 4) is 11.5 Å². The molecule has 3 aromatic rings. The maximum absolute atomic E-state index is 11.5. The lowest BCUT2D eigenvalue weighted by Crippen LogP contribution is -2.28. The molecule has 2 aromatic carbocycles. The molecule has 3 rings (SSSR count). The highest BCUT2D eigenvalue weighted by atomic mass is 35.5. The molecule has 1 aromatic heterocycles. The van der Waals surface area contributed by atoms with Crippen LogP contribution in [0.15, 0.2) is 46.9 Å². The molecule has 0 spiro atoms. The van der Waals surface area contributed by atoms with Gasteiger partial charge in [-0.15, -0.1) is 10.2 Å². The van der Waals surface area contributed by atoms with Gasteiger partial charge in [-0.2, -0.15) is 0 Å². The Balaban J connectivity index is 1.96. The van der Waals surface area contributed by atoms with E-state index >= 15 is 0 Å². The van der Waals surface area contributed by atoms with Crippen molar-refractivity contribution in [1.29, 1.82) is 0 Å². The molecule has 0 aliphatic heterocycles. The summed E-state index contributed by atoms with van der Waals surface area (Å²) in [6.07, 6.45) is -0.602. The number of hydrogen-bond acceptors (Lipinski definition) is 6. The van der Waals surface area contributed by atoms with Gasteiger partial charge in [0.15, 0.2) is 0 Å². The summed E-state index contributed by atoms with van der Waals surface area (Å²) in [4.78, 5) is 14.9. The van der Waals surface area contributed by atoms with Crippen LogP contribution < -0.4 is 5.32 Å². The van der Waals surface area contributed by atoms with E-state index in [1.165, 1.54) is 6.92 Å². The van der Waals surface area contributed by atoms with Crippen LogP contribution in [-0.2, 0) is 9.53 Å². The smallest absolute Gasteiger partial charge is 0.302 e. The Morgan fingerprint density at radius 1 is 1.24 bits per heavy atom. The number of benzene rings is 2. The summed E-state index contributed by atoms with van der Waals surface area (Å²) in [6.45, 7) is 12.1. The average molecular weight is 411 g/mol. The minimum atomic E-state index is -0.614. The Hall–Kier alpha value is -3.37. The molecule has 1 heterocycles. The van der Waals surface area contributed by atoms with Crippen LogP contribution in [0.2, 0.25) is 5.02 Å². The molecule has 0 saturated carbocycles. The van der Waals surface area contributed by atoms with Crippen LogP contribution in [0.1, 0.15) is 31.3 Å². The minimum Gasteiger partial charge on any atom is -0.460 e. The molecular formula is C21H19ClN4O3. The van der Waals surface area contributed by atoms with Gasteiger partial charge in [0.05, 0.1) is 11.6 Å². The average Bonchev–Trinajstić information content (AvgIpc) is 3.19. The van der Waals surface area contributed by atoms with Gasteiger partial charge < -0.3 is 14.5 Å². The van der Waals surface area contributed by atoms with E-state index in [-0.39, 0.29) is 5.89 Å². The van der Waals surface area contributed by atoms with E-state index in [9.17, 15) is 4.79 Å². The Labute approximate surface area is 173 Å². The topological polar surface area (TPSA) is 81.6 Å². The summed E-state index contributed by atoms with van der Waals surface area (Å²) in [5.41, 5.74) is 2.52. The first-order valence-corrected chi connectivity index (χ1v) is 9.27. The monoisotopic (exact) mass is 410 g/mol. The van der Waals surface area contributed by atoms with Crippen LogP contribution in [0.4, 0.5) is 11.4 Å². The third-order valence-corrected chi connectivity index (χ3v) is 4.82. The first kappa shape index (κ1) is 20.4. The molecule has 0 amide bonds. The number of halogens is 1. The fourth-order valence-electron chi connectivity index (χ4n) is 2.85. The molecule has 0 unspecified atom stereocenters. The Kier molecular flexibility index (Phi) is 6.15. The number of carbonyl (C=O) groups is 1. The molecule has 0 bridgehead atoms. The van der Waals surface area contributed by atoms with Crippen LogP contribution >= 0.6 is 11.6 Å². The summed E-state index contributed by atoms with van der Waals surface area (Å²) < 4.78 is 11.2. The Bertz CT molecular complexity index is 1060. The molecule has 1 N–H and O–H groups in total. The molecule has 0 aliphatic rings. The third-order valence-electron chi connectivity index (χ3n) is 4.35. The Morgan fingerprint density at radius 3 is 2.62 bits per heavy atom. The van der Waals surface area contributed by atoms with E-state index in [0.29, 0.717) is 27.9 Å². The Morgan fingerprint density at radius 2 is 1.97 bits per heavy atom. The highest BCUT2D eigenvalue weighted by Crippen LogP contribution is 2.35. The molecule has 0 aliphatic carbocycles. The summed E-state index contributed by atoms with van der Waals surface area (Å²) >= 11 is 6.29. The molecular weight excluding hydrogens is 392 g/mol. The quantitative estimate of drug-likeness (QED) is 0.435. The lowest BCUT2D eigenvalue weighted by atomic mass is 10.1. The van der Waals surface area contributed by atoms with Gasteiger partial charge >= 0.3 is 5.97 Å². The first-order chi connectivity index (χ1) is 13.9. The van der Waals surface area contributed by atoms with Gasteiger partial charge in [0.25, 0.3) is 0 Å². The van der Waals surface area contributed by atoms with Gasteiger partial charge in [-0.25, -0.2) is 4.85 Å². The normalized spacial score (nSPS) is 12.7. The summed E-state index contributed by atoms with van der Waals surface area (Å²) in [5.74, 6) is 0.202. The fourth-order valence-corrected chi connectivity index (χ4v) is 3.06. The highest BCUT2D eigenvalue weighted by Gasteiger charge is 2.28. The standard InChI is InChI=1S/C21H19ClN4O3/c1-12-16(10-11-17(23-4)18(12)22)24-19(13(2)28-14(3)27)21-26-25-20(29-21)15-8-6-5-7-9-15/h5-11,13,19,24H,1-3H3/t13-,19+/m0/s1. The van der Waals surface area contributed by atoms with E-state index in [4.69, 9.17) is 27.3 Å². The van der Waals surface area contributed by atoms with Crippen LogP contribution in [0.25, 0.3) is 16.3 Å². The van der Waals surface area contributed by atoms with Gasteiger partial charge in [0.1, 0.15) is 12.1 Å². The minimum absolute atomic E-state index is 0.266. The second-order valence-corrected chi connectivity index (χ2v) is 6.81. The van der Waals surface area contributed by atoms with E-state index in [2.05, 4.69) is 20.4 Å². The van der Waals surface area contributed by atoms with Crippen molar-refractivity contribution in [2.45, 2.75) is 32.9 Å². The molecule has 8 heteroatoms. The number of nitrogens with zero attached hydrogens (tertiary/aromatic N) is 3. The number of rotatable bonds is 6. The van der Waals surface area contributed by atoms with Gasteiger partial charge in [-0.3, -0.25) is 4.79 Å². The molecule has 7 nitrogen and oxygen atoms in total. The molecule has 148 valence electrons. The lowest BCUT2D eigenvalue weighted by molar-refractivity contribution is -0.146. The number of anilines is 1. The van der Waals surface area contributed by atoms with Crippen LogP contribution in [0.5, 0.6) is 0 Å². The van der Waals surface area contributed by atoms with E-state index in [1.54, 1.807) is 26.0 Å². The number of hydrogen-bond donors (Lipinski definition) is 1. The van der Waals surface area contributed by atoms with Gasteiger partial charge in [-0.1, -0.05) is 35.9 Å². The molecule has 0 radical (unpaired) electrons.